The summed E-state index contributed by atoms with van der Waals surface area (Å²) in [5.41, 5.74) is 0. The van der Waals surface area contributed by atoms with Crippen molar-refractivity contribution in [2.45, 2.75) is 19.8 Å². The monoisotopic (exact) mass is 248 g/mol. The van der Waals surface area contributed by atoms with E-state index in [2.05, 4.69) is 10.6 Å². The molecule has 1 aliphatic heterocycles. The Labute approximate surface area is 96.9 Å². The van der Waals surface area contributed by atoms with Gasteiger partial charge in [0.2, 0.25) is 5.91 Å². The summed E-state index contributed by atoms with van der Waals surface area (Å²) in [6.45, 7) is 3.58. The van der Waals surface area contributed by atoms with E-state index in [-0.39, 0.29) is 29.9 Å². The second-order valence-electron chi connectivity index (χ2n) is 4.05. The van der Waals surface area contributed by atoms with Crippen LogP contribution in [-0.2, 0) is 14.6 Å². The van der Waals surface area contributed by atoms with Crippen LogP contribution in [0, 0.1) is 5.92 Å². The van der Waals surface area contributed by atoms with Gasteiger partial charge in [-0.25, -0.2) is 8.42 Å². The molecule has 0 aromatic rings. The van der Waals surface area contributed by atoms with Crippen molar-refractivity contribution in [1.29, 1.82) is 0 Å². The zero-order valence-corrected chi connectivity index (χ0v) is 10.5. The number of nitrogens with one attached hydrogen (secondary N) is 2. The van der Waals surface area contributed by atoms with Gasteiger partial charge >= 0.3 is 0 Å². The third kappa shape index (κ3) is 4.49. The smallest absolute Gasteiger partial charge is 0.223 e. The summed E-state index contributed by atoms with van der Waals surface area (Å²) in [4.78, 5) is 11.6. The Bertz CT molecular complexity index is 321. The van der Waals surface area contributed by atoms with Gasteiger partial charge in [0.25, 0.3) is 0 Å². The lowest BCUT2D eigenvalue weighted by Gasteiger charge is -2.21. The lowest BCUT2D eigenvalue weighted by Crippen LogP contribution is -2.39. The number of carbonyl (C=O) groups excluding carboxylic acids is 1. The molecule has 1 heterocycles. The van der Waals surface area contributed by atoms with Crippen LogP contribution < -0.4 is 10.6 Å². The van der Waals surface area contributed by atoms with Crippen LogP contribution in [0.3, 0.4) is 0 Å². The van der Waals surface area contributed by atoms with Crippen LogP contribution in [-0.4, -0.2) is 45.5 Å². The molecule has 1 saturated heterocycles. The Morgan fingerprint density at radius 3 is 2.56 bits per heavy atom. The lowest BCUT2D eigenvalue weighted by atomic mass is 9.97. The molecule has 0 aliphatic carbocycles. The molecule has 1 aliphatic rings. The predicted octanol–water partition coefficient (Wildman–Crippen LogP) is -0.463. The average molecular weight is 248 g/mol. The number of piperidine rings is 1. The summed E-state index contributed by atoms with van der Waals surface area (Å²) in [5.74, 6) is 0.217. The van der Waals surface area contributed by atoms with Crippen molar-refractivity contribution in [2.24, 2.45) is 5.92 Å². The second kappa shape index (κ2) is 6.20. The van der Waals surface area contributed by atoms with E-state index in [1.807, 2.05) is 0 Å². The fraction of sp³-hybridized carbons (Fsp3) is 0.900. The minimum atomic E-state index is -2.97. The van der Waals surface area contributed by atoms with Crippen LogP contribution in [0.2, 0.25) is 0 Å². The Morgan fingerprint density at radius 2 is 2.00 bits per heavy atom. The maximum Gasteiger partial charge on any atom is 0.223 e. The van der Waals surface area contributed by atoms with Gasteiger partial charge in [-0.3, -0.25) is 4.79 Å². The fourth-order valence-corrected chi connectivity index (χ4v) is 2.40. The van der Waals surface area contributed by atoms with Gasteiger partial charge < -0.3 is 10.6 Å². The molecule has 1 rings (SSSR count). The van der Waals surface area contributed by atoms with Gasteiger partial charge in [-0.1, -0.05) is 6.92 Å². The molecule has 5 nitrogen and oxygen atoms in total. The fourth-order valence-electron chi connectivity index (χ4n) is 1.70. The van der Waals surface area contributed by atoms with Crippen LogP contribution in [0.4, 0.5) is 0 Å². The Morgan fingerprint density at radius 1 is 1.38 bits per heavy atom. The third-order valence-corrected chi connectivity index (χ3v) is 4.57. The molecule has 0 aromatic carbocycles. The van der Waals surface area contributed by atoms with Crippen LogP contribution in [0.15, 0.2) is 0 Å². The van der Waals surface area contributed by atoms with Crippen molar-refractivity contribution >= 4 is 15.7 Å². The first-order valence-corrected chi connectivity index (χ1v) is 7.56. The summed E-state index contributed by atoms with van der Waals surface area (Å²) >= 11 is 0. The maximum absolute atomic E-state index is 11.6. The number of hydrogen-bond donors (Lipinski definition) is 2. The molecule has 1 fully saturated rings. The molecule has 0 saturated carbocycles. The molecule has 0 spiro atoms. The maximum atomic E-state index is 11.6. The molecular formula is C10H20N2O3S. The number of carbonyl (C=O) groups is 1. The summed E-state index contributed by atoms with van der Waals surface area (Å²) < 4.78 is 22.4. The SMILES string of the molecule is CCS(=O)(=O)CCNC(=O)C1CCNCC1. The molecule has 0 aromatic heterocycles. The van der Waals surface area contributed by atoms with Gasteiger partial charge in [-0.2, -0.15) is 0 Å². The van der Waals surface area contributed by atoms with Gasteiger partial charge in [0.1, 0.15) is 0 Å². The van der Waals surface area contributed by atoms with Crippen LogP contribution in [0.1, 0.15) is 19.8 Å². The summed E-state index contributed by atoms with van der Waals surface area (Å²) in [7, 11) is -2.97. The van der Waals surface area contributed by atoms with Crippen molar-refractivity contribution in [3.63, 3.8) is 0 Å². The summed E-state index contributed by atoms with van der Waals surface area (Å²) in [6, 6.07) is 0. The highest BCUT2D eigenvalue weighted by atomic mass is 32.2. The Kier molecular flexibility index (Phi) is 5.21. The van der Waals surface area contributed by atoms with Gasteiger partial charge in [-0.15, -0.1) is 0 Å². The van der Waals surface area contributed by atoms with Crippen LogP contribution >= 0.6 is 0 Å². The van der Waals surface area contributed by atoms with E-state index in [1.54, 1.807) is 6.92 Å². The molecule has 0 bridgehead atoms. The first kappa shape index (κ1) is 13.4. The van der Waals surface area contributed by atoms with E-state index < -0.39 is 9.84 Å². The zero-order chi connectivity index (χ0) is 12.0. The molecule has 94 valence electrons. The number of sulfone groups is 1. The number of amides is 1. The van der Waals surface area contributed by atoms with Crippen molar-refractivity contribution < 1.29 is 13.2 Å². The molecular weight excluding hydrogens is 228 g/mol. The highest BCUT2D eigenvalue weighted by molar-refractivity contribution is 7.91. The molecule has 16 heavy (non-hydrogen) atoms. The van der Waals surface area contributed by atoms with Gasteiger partial charge in [0, 0.05) is 18.2 Å². The molecule has 0 atom stereocenters. The molecule has 0 radical (unpaired) electrons. The van der Waals surface area contributed by atoms with Crippen LogP contribution in [0.5, 0.6) is 0 Å². The topological polar surface area (TPSA) is 75.3 Å². The van der Waals surface area contributed by atoms with Gasteiger partial charge in [0.15, 0.2) is 9.84 Å². The summed E-state index contributed by atoms with van der Waals surface area (Å²) in [5, 5.41) is 5.88. The van der Waals surface area contributed by atoms with Gasteiger partial charge in [-0.05, 0) is 25.9 Å². The Balaban J connectivity index is 2.24. The first-order chi connectivity index (χ1) is 7.55. The van der Waals surface area contributed by atoms with E-state index in [1.165, 1.54) is 0 Å². The lowest BCUT2D eigenvalue weighted by molar-refractivity contribution is -0.125. The van der Waals surface area contributed by atoms with Crippen LogP contribution in [0.25, 0.3) is 0 Å². The minimum Gasteiger partial charge on any atom is -0.355 e. The van der Waals surface area contributed by atoms with E-state index >= 15 is 0 Å². The van der Waals surface area contributed by atoms with E-state index in [0.717, 1.165) is 25.9 Å². The number of rotatable bonds is 5. The summed E-state index contributed by atoms with van der Waals surface area (Å²) in [6.07, 6.45) is 1.68. The minimum absolute atomic E-state index is 0.00666. The predicted molar refractivity (Wildman–Crippen MR) is 62.9 cm³/mol. The van der Waals surface area contributed by atoms with Crippen molar-refractivity contribution in [3.05, 3.63) is 0 Å². The van der Waals surface area contributed by atoms with E-state index in [4.69, 9.17) is 0 Å². The normalized spacial score (nSPS) is 18.3. The standard InChI is InChI=1S/C10H20N2O3S/c1-2-16(14,15)8-7-12-10(13)9-3-5-11-6-4-9/h9,11H,2-8H2,1H3,(H,12,13). The second-order valence-corrected chi connectivity index (χ2v) is 6.52. The average Bonchev–Trinajstić information content (AvgIpc) is 2.30. The quantitative estimate of drug-likeness (QED) is 0.690. The first-order valence-electron chi connectivity index (χ1n) is 5.74. The molecule has 2 N–H and O–H groups in total. The molecule has 6 heteroatoms. The largest absolute Gasteiger partial charge is 0.355 e. The van der Waals surface area contributed by atoms with Crippen molar-refractivity contribution in [3.8, 4) is 0 Å². The van der Waals surface area contributed by atoms with Gasteiger partial charge in [0.05, 0.1) is 5.75 Å². The Hall–Kier alpha value is -0.620. The van der Waals surface area contributed by atoms with E-state index in [0.29, 0.717) is 0 Å². The van der Waals surface area contributed by atoms with Crippen molar-refractivity contribution in [2.75, 3.05) is 31.1 Å². The number of hydrogen-bond acceptors (Lipinski definition) is 4. The molecule has 1 amide bonds. The zero-order valence-electron chi connectivity index (χ0n) is 9.66. The van der Waals surface area contributed by atoms with Crippen molar-refractivity contribution in [1.82, 2.24) is 10.6 Å². The molecule has 0 unspecified atom stereocenters. The highest BCUT2D eigenvalue weighted by Gasteiger charge is 2.20. The third-order valence-electron chi connectivity index (χ3n) is 2.86. The highest BCUT2D eigenvalue weighted by Crippen LogP contribution is 2.10. The van der Waals surface area contributed by atoms with E-state index in [9.17, 15) is 13.2 Å².